The van der Waals surface area contributed by atoms with Crippen molar-refractivity contribution < 1.29 is 8.78 Å². The van der Waals surface area contributed by atoms with Crippen LogP contribution in [0.3, 0.4) is 0 Å². The summed E-state index contributed by atoms with van der Waals surface area (Å²) >= 11 is 6.37. The van der Waals surface area contributed by atoms with Gasteiger partial charge in [0.1, 0.15) is 11.6 Å². The van der Waals surface area contributed by atoms with Crippen LogP contribution >= 0.6 is 11.6 Å². The van der Waals surface area contributed by atoms with E-state index in [2.05, 4.69) is 15.6 Å². The number of benzene rings is 2. The van der Waals surface area contributed by atoms with E-state index in [1.165, 1.54) is 12.1 Å². The summed E-state index contributed by atoms with van der Waals surface area (Å²) in [5, 5.41) is 6.84. The maximum absolute atomic E-state index is 15.3. The number of pyridine rings is 1. The van der Waals surface area contributed by atoms with Gasteiger partial charge < -0.3 is 16.4 Å². The number of nitrogens with two attached hydrogens (primary N) is 1. The molecule has 0 unspecified atom stereocenters. The molecule has 1 aliphatic rings. The molecule has 31 heavy (non-hydrogen) atoms. The average Bonchev–Trinajstić information content (AvgIpc) is 2.76. The molecule has 4 N–H and O–H groups in total. The van der Waals surface area contributed by atoms with E-state index in [1.54, 1.807) is 42.6 Å². The van der Waals surface area contributed by atoms with Crippen molar-refractivity contribution in [1.29, 1.82) is 0 Å². The van der Waals surface area contributed by atoms with Crippen LogP contribution in [0.4, 0.5) is 20.3 Å². The molecule has 0 saturated heterocycles. The predicted molar refractivity (Wildman–Crippen MR) is 122 cm³/mol. The van der Waals surface area contributed by atoms with Crippen molar-refractivity contribution in [3.63, 3.8) is 0 Å². The van der Waals surface area contributed by atoms with Gasteiger partial charge in [0.05, 0.1) is 10.7 Å². The van der Waals surface area contributed by atoms with Crippen LogP contribution in [-0.4, -0.2) is 17.1 Å². The fraction of sp³-hybridized carbons (Fsp3) is 0.292. The standard InChI is InChI=1S/C24H25ClF2N4/c25-21-14-30-23(31-18-9-7-17(28)8-10-18)12-20(21)19-5-2-6-22(24(19)27)29-13-15-3-1-4-16(26)11-15/h1-6,11-12,14,17-18,29H,7-10,13,28H2,(H,30,31). The Balaban J connectivity index is 1.54. The van der Waals surface area contributed by atoms with Gasteiger partial charge in [-0.25, -0.2) is 13.8 Å². The first-order chi connectivity index (χ1) is 15.0. The Hall–Kier alpha value is -2.70. The second kappa shape index (κ2) is 9.62. The number of halogens is 3. The molecule has 7 heteroatoms. The second-order valence-corrected chi connectivity index (χ2v) is 8.36. The lowest BCUT2D eigenvalue weighted by Crippen LogP contribution is -2.33. The highest BCUT2D eigenvalue weighted by Gasteiger charge is 2.20. The van der Waals surface area contributed by atoms with Crippen molar-refractivity contribution in [2.75, 3.05) is 10.6 Å². The summed E-state index contributed by atoms with van der Waals surface area (Å²) in [6.07, 6.45) is 5.46. The van der Waals surface area contributed by atoms with Gasteiger partial charge in [0, 0.05) is 36.0 Å². The molecule has 4 nitrogen and oxygen atoms in total. The highest BCUT2D eigenvalue weighted by atomic mass is 35.5. The quantitative estimate of drug-likeness (QED) is 0.439. The molecule has 0 aliphatic heterocycles. The lowest BCUT2D eigenvalue weighted by atomic mass is 9.92. The predicted octanol–water partition coefficient (Wildman–Crippen LogP) is 5.97. The number of hydrogen-bond donors (Lipinski definition) is 3. The maximum Gasteiger partial charge on any atom is 0.154 e. The Kier molecular flexibility index (Phi) is 6.68. The van der Waals surface area contributed by atoms with Crippen molar-refractivity contribution in [2.45, 2.75) is 44.3 Å². The lowest BCUT2D eigenvalue weighted by Gasteiger charge is -2.27. The molecule has 1 aromatic heterocycles. The summed E-state index contributed by atoms with van der Waals surface area (Å²) < 4.78 is 28.7. The number of anilines is 2. The van der Waals surface area contributed by atoms with Crippen LogP contribution in [0.15, 0.2) is 54.7 Å². The molecule has 4 rings (SSSR count). The first-order valence-electron chi connectivity index (χ1n) is 10.4. The van der Waals surface area contributed by atoms with Crippen LogP contribution in [0.1, 0.15) is 31.2 Å². The third-order valence-corrected chi connectivity index (χ3v) is 5.94. The molecule has 1 fully saturated rings. The molecule has 0 atom stereocenters. The van der Waals surface area contributed by atoms with Gasteiger partial charge in [-0.3, -0.25) is 0 Å². The fourth-order valence-corrected chi connectivity index (χ4v) is 4.12. The Bertz CT molecular complexity index is 1050. The number of nitrogens with one attached hydrogen (secondary N) is 2. The van der Waals surface area contributed by atoms with Gasteiger partial charge in [0.25, 0.3) is 0 Å². The van der Waals surface area contributed by atoms with E-state index in [0.717, 1.165) is 31.2 Å². The van der Waals surface area contributed by atoms with Crippen molar-refractivity contribution in [1.82, 2.24) is 4.98 Å². The topological polar surface area (TPSA) is 63.0 Å². The normalized spacial score (nSPS) is 18.6. The van der Waals surface area contributed by atoms with Crippen LogP contribution in [0.5, 0.6) is 0 Å². The monoisotopic (exact) mass is 442 g/mol. The molecular weight excluding hydrogens is 418 g/mol. The highest BCUT2D eigenvalue weighted by Crippen LogP contribution is 2.34. The zero-order valence-corrected chi connectivity index (χ0v) is 17.8. The number of aromatic nitrogens is 1. The van der Waals surface area contributed by atoms with E-state index in [1.807, 2.05) is 0 Å². The maximum atomic E-state index is 15.3. The van der Waals surface area contributed by atoms with E-state index >= 15 is 4.39 Å². The summed E-state index contributed by atoms with van der Waals surface area (Å²) in [7, 11) is 0. The Morgan fingerprint density at radius 2 is 1.77 bits per heavy atom. The largest absolute Gasteiger partial charge is 0.379 e. The van der Waals surface area contributed by atoms with Crippen molar-refractivity contribution in [3.05, 3.63) is 76.9 Å². The Morgan fingerprint density at radius 1 is 1.00 bits per heavy atom. The van der Waals surface area contributed by atoms with E-state index in [0.29, 0.717) is 40.2 Å². The fourth-order valence-electron chi connectivity index (χ4n) is 3.92. The highest BCUT2D eigenvalue weighted by molar-refractivity contribution is 6.33. The molecule has 1 heterocycles. The molecule has 162 valence electrons. The molecule has 0 amide bonds. The van der Waals surface area contributed by atoms with Crippen LogP contribution in [0, 0.1) is 11.6 Å². The van der Waals surface area contributed by atoms with E-state index in [9.17, 15) is 4.39 Å². The van der Waals surface area contributed by atoms with E-state index in [-0.39, 0.29) is 11.9 Å². The first kappa shape index (κ1) is 21.5. The Labute approximate surface area is 185 Å². The van der Waals surface area contributed by atoms with Crippen LogP contribution < -0.4 is 16.4 Å². The molecule has 2 aromatic carbocycles. The van der Waals surface area contributed by atoms with E-state index < -0.39 is 5.82 Å². The number of nitrogens with zero attached hydrogens (tertiary/aromatic N) is 1. The van der Waals surface area contributed by atoms with Gasteiger partial charge in [-0.05, 0) is 55.5 Å². The molecular formula is C24H25ClF2N4. The third kappa shape index (κ3) is 5.32. The summed E-state index contributed by atoms with van der Waals surface area (Å²) in [6.45, 7) is 0.304. The van der Waals surface area contributed by atoms with Gasteiger partial charge in [-0.1, -0.05) is 35.9 Å². The second-order valence-electron chi connectivity index (χ2n) is 7.96. The molecule has 0 radical (unpaired) electrons. The first-order valence-corrected chi connectivity index (χ1v) is 10.8. The molecule has 1 aliphatic carbocycles. The summed E-state index contributed by atoms with van der Waals surface area (Å²) in [6, 6.07) is 13.7. The summed E-state index contributed by atoms with van der Waals surface area (Å²) in [5.41, 5.74) is 7.98. The zero-order chi connectivity index (χ0) is 21.8. The van der Waals surface area contributed by atoms with Gasteiger partial charge >= 0.3 is 0 Å². The lowest BCUT2D eigenvalue weighted by molar-refractivity contribution is 0.410. The molecule has 1 saturated carbocycles. The SMILES string of the molecule is NC1CCC(Nc2cc(-c3cccc(NCc4cccc(F)c4)c3F)c(Cl)cn2)CC1. The van der Waals surface area contributed by atoms with E-state index in [4.69, 9.17) is 17.3 Å². The zero-order valence-electron chi connectivity index (χ0n) is 17.0. The molecule has 3 aromatic rings. The number of rotatable bonds is 6. The number of hydrogen-bond acceptors (Lipinski definition) is 4. The van der Waals surface area contributed by atoms with Crippen LogP contribution in [0.25, 0.3) is 11.1 Å². The van der Waals surface area contributed by atoms with Crippen LogP contribution in [-0.2, 0) is 6.54 Å². The molecule has 0 bridgehead atoms. The van der Waals surface area contributed by atoms with Gasteiger partial charge in [0.2, 0.25) is 0 Å². The minimum atomic E-state index is -0.415. The summed E-state index contributed by atoms with van der Waals surface area (Å²) in [4.78, 5) is 4.37. The third-order valence-electron chi connectivity index (χ3n) is 5.64. The molecule has 0 spiro atoms. The average molecular weight is 443 g/mol. The van der Waals surface area contributed by atoms with Gasteiger partial charge in [-0.15, -0.1) is 0 Å². The minimum Gasteiger partial charge on any atom is -0.379 e. The van der Waals surface area contributed by atoms with Crippen molar-refractivity contribution in [2.24, 2.45) is 5.73 Å². The van der Waals surface area contributed by atoms with Gasteiger partial charge in [0.15, 0.2) is 5.82 Å². The van der Waals surface area contributed by atoms with Crippen molar-refractivity contribution >= 4 is 23.1 Å². The minimum absolute atomic E-state index is 0.267. The Morgan fingerprint density at radius 3 is 2.55 bits per heavy atom. The summed E-state index contributed by atoms with van der Waals surface area (Å²) in [5.74, 6) is -0.0731. The smallest absolute Gasteiger partial charge is 0.154 e. The van der Waals surface area contributed by atoms with Crippen LogP contribution in [0.2, 0.25) is 5.02 Å². The van der Waals surface area contributed by atoms with Gasteiger partial charge in [-0.2, -0.15) is 0 Å². The van der Waals surface area contributed by atoms with Crippen molar-refractivity contribution in [3.8, 4) is 11.1 Å².